The van der Waals surface area contributed by atoms with Crippen LogP contribution in [0.15, 0.2) is 16.5 Å². The molecule has 0 aliphatic heterocycles. The Hall–Kier alpha value is -0.800. The van der Waals surface area contributed by atoms with Gasteiger partial charge in [0.1, 0.15) is 11.5 Å². The van der Waals surface area contributed by atoms with Crippen molar-refractivity contribution in [1.82, 2.24) is 5.32 Å². The highest BCUT2D eigenvalue weighted by Crippen LogP contribution is 2.31. The van der Waals surface area contributed by atoms with E-state index in [1.807, 2.05) is 12.1 Å². The Kier molecular flexibility index (Phi) is 3.36. The first-order chi connectivity index (χ1) is 7.63. The predicted molar refractivity (Wildman–Crippen MR) is 63.3 cm³/mol. The number of aryl methyl sites for hydroxylation is 1. The van der Waals surface area contributed by atoms with Crippen LogP contribution < -0.4 is 5.32 Å². The molecule has 0 amide bonds. The molecule has 0 bridgehead atoms. The molecule has 1 unspecified atom stereocenters. The smallest absolute Gasteiger partial charge is 0.120 e. The van der Waals surface area contributed by atoms with Gasteiger partial charge in [0.2, 0.25) is 0 Å². The van der Waals surface area contributed by atoms with E-state index in [2.05, 4.69) is 19.2 Å². The Morgan fingerprint density at radius 3 is 2.75 bits per heavy atom. The van der Waals surface area contributed by atoms with E-state index < -0.39 is 5.60 Å². The summed E-state index contributed by atoms with van der Waals surface area (Å²) in [5.41, 5.74) is -0.464. The fraction of sp³-hybridized carbons (Fsp3) is 0.692. The summed E-state index contributed by atoms with van der Waals surface area (Å²) >= 11 is 0. The maximum Gasteiger partial charge on any atom is 0.120 e. The fourth-order valence-electron chi connectivity index (χ4n) is 2.02. The molecule has 16 heavy (non-hydrogen) atoms. The van der Waals surface area contributed by atoms with E-state index in [-0.39, 0.29) is 6.04 Å². The lowest BCUT2D eigenvalue weighted by molar-refractivity contribution is -0.0333. The number of rotatable bonds is 5. The topological polar surface area (TPSA) is 45.4 Å². The van der Waals surface area contributed by atoms with Crippen LogP contribution in [-0.4, -0.2) is 17.3 Å². The van der Waals surface area contributed by atoms with Crippen LogP contribution >= 0.6 is 0 Å². The van der Waals surface area contributed by atoms with Gasteiger partial charge in [0, 0.05) is 13.0 Å². The summed E-state index contributed by atoms with van der Waals surface area (Å²) in [4.78, 5) is 0. The molecular weight excluding hydrogens is 202 g/mol. The van der Waals surface area contributed by atoms with Gasteiger partial charge in [0.25, 0.3) is 0 Å². The highest BCUT2D eigenvalue weighted by atomic mass is 16.3. The normalized spacial score (nSPS) is 20.4. The standard InChI is InChI=1S/C13H21NO2/c1-3-11-5-6-12(16-11)10(2)14-9-13(15)7-4-8-13/h5-6,10,14-15H,3-4,7-9H2,1-2H3. The Morgan fingerprint density at radius 1 is 1.50 bits per heavy atom. The molecule has 2 rings (SSSR count). The summed E-state index contributed by atoms with van der Waals surface area (Å²) in [5, 5.41) is 13.3. The summed E-state index contributed by atoms with van der Waals surface area (Å²) in [6.07, 6.45) is 3.92. The Balaban J connectivity index is 1.85. The van der Waals surface area contributed by atoms with Crippen molar-refractivity contribution >= 4 is 0 Å². The van der Waals surface area contributed by atoms with Gasteiger partial charge in [-0.15, -0.1) is 0 Å². The molecule has 1 atom stereocenters. The number of furan rings is 1. The molecule has 0 spiro atoms. The molecule has 1 aliphatic rings. The third kappa shape index (κ3) is 2.47. The van der Waals surface area contributed by atoms with Gasteiger partial charge in [-0.25, -0.2) is 0 Å². The molecule has 1 aliphatic carbocycles. The van der Waals surface area contributed by atoms with Gasteiger partial charge < -0.3 is 14.8 Å². The van der Waals surface area contributed by atoms with E-state index in [0.717, 1.165) is 37.2 Å². The maximum atomic E-state index is 9.96. The molecule has 0 saturated heterocycles. The van der Waals surface area contributed by atoms with E-state index >= 15 is 0 Å². The van der Waals surface area contributed by atoms with E-state index in [9.17, 15) is 5.11 Å². The van der Waals surface area contributed by atoms with Crippen molar-refractivity contribution in [2.75, 3.05) is 6.54 Å². The van der Waals surface area contributed by atoms with E-state index in [0.29, 0.717) is 6.54 Å². The zero-order valence-electron chi connectivity index (χ0n) is 10.1. The van der Waals surface area contributed by atoms with Crippen molar-refractivity contribution in [2.45, 2.75) is 51.2 Å². The minimum atomic E-state index is -0.464. The predicted octanol–water partition coefficient (Wildman–Crippen LogP) is 2.41. The third-order valence-electron chi connectivity index (χ3n) is 3.48. The van der Waals surface area contributed by atoms with Gasteiger partial charge in [-0.3, -0.25) is 0 Å². The molecule has 1 heterocycles. The van der Waals surface area contributed by atoms with E-state index in [4.69, 9.17) is 4.42 Å². The molecule has 3 heteroatoms. The first-order valence-corrected chi connectivity index (χ1v) is 6.17. The lowest BCUT2D eigenvalue weighted by Gasteiger charge is -2.37. The van der Waals surface area contributed by atoms with Crippen molar-refractivity contribution in [3.63, 3.8) is 0 Å². The number of aliphatic hydroxyl groups is 1. The molecule has 90 valence electrons. The maximum absolute atomic E-state index is 9.96. The highest BCUT2D eigenvalue weighted by molar-refractivity contribution is 5.10. The summed E-state index contributed by atoms with van der Waals surface area (Å²) in [7, 11) is 0. The van der Waals surface area contributed by atoms with E-state index in [1.54, 1.807) is 0 Å². The van der Waals surface area contributed by atoms with Crippen molar-refractivity contribution in [3.8, 4) is 0 Å². The Bertz CT molecular complexity index is 341. The van der Waals surface area contributed by atoms with Crippen molar-refractivity contribution < 1.29 is 9.52 Å². The third-order valence-corrected chi connectivity index (χ3v) is 3.48. The number of hydrogen-bond donors (Lipinski definition) is 2. The van der Waals surface area contributed by atoms with E-state index in [1.165, 1.54) is 0 Å². The molecule has 2 N–H and O–H groups in total. The zero-order chi connectivity index (χ0) is 11.6. The molecule has 0 aromatic carbocycles. The second-order valence-electron chi connectivity index (χ2n) is 4.84. The van der Waals surface area contributed by atoms with Gasteiger partial charge in [-0.05, 0) is 38.3 Å². The summed E-state index contributed by atoms with van der Waals surface area (Å²) < 4.78 is 5.67. The van der Waals surface area contributed by atoms with Gasteiger partial charge in [0.05, 0.1) is 11.6 Å². The molecule has 3 nitrogen and oxygen atoms in total. The Morgan fingerprint density at radius 2 is 2.25 bits per heavy atom. The Labute approximate surface area is 96.8 Å². The van der Waals surface area contributed by atoms with Crippen LogP contribution in [0.25, 0.3) is 0 Å². The minimum Gasteiger partial charge on any atom is -0.464 e. The molecule has 1 fully saturated rings. The SMILES string of the molecule is CCc1ccc(C(C)NCC2(O)CCC2)o1. The highest BCUT2D eigenvalue weighted by Gasteiger charge is 2.34. The van der Waals surface area contributed by atoms with Gasteiger partial charge in [0.15, 0.2) is 0 Å². The minimum absolute atomic E-state index is 0.171. The molecule has 1 aromatic heterocycles. The monoisotopic (exact) mass is 223 g/mol. The lowest BCUT2D eigenvalue weighted by atomic mass is 9.80. The molecule has 1 saturated carbocycles. The lowest BCUT2D eigenvalue weighted by Crippen LogP contribution is -2.46. The number of hydrogen-bond acceptors (Lipinski definition) is 3. The van der Waals surface area contributed by atoms with Crippen LogP contribution in [0.2, 0.25) is 0 Å². The zero-order valence-corrected chi connectivity index (χ0v) is 10.1. The van der Waals surface area contributed by atoms with Crippen LogP contribution in [0.3, 0.4) is 0 Å². The van der Waals surface area contributed by atoms with Crippen LogP contribution in [-0.2, 0) is 6.42 Å². The van der Waals surface area contributed by atoms with Crippen LogP contribution in [0.1, 0.15) is 50.7 Å². The second kappa shape index (κ2) is 4.60. The summed E-state index contributed by atoms with van der Waals surface area (Å²) in [6, 6.07) is 4.21. The van der Waals surface area contributed by atoms with Gasteiger partial charge >= 0.3 is 0 Å². The fourth-order valence-corrected chi connectivity index (χ4v) is 2.02. The first-order valence-electron chi connectivity index (χ1n) is 6.17. The van der Waals surface area contributed by atoms with Crippen LogP contribution in [0.5, 0.6) is 0 Å². The van der Waals surface area contributed by atoms with Gasteiger partial charge in [-0.2, -0.15) is 0 Å². The summed E-state index contributed by atoms with van der Waals surface area (Å²) in [6.45, 7) is 4.81. The average molecular weight is 223 g/mol. The van der Waals surface area contributed by atoms with Crippen molar-refractivity contribution in [2.24, 2.45) is 0 Å². The van der Waals surface area contributed by atoms with Gasteiger partial charge in [-0.1, -0.05) is 6.92 Å². The molecule has 0 radical (unpaired) electrons. The second-order valence-corrected chi connectivity index (χ2v) is 4.84. The summed E-state index contributed by atoms with van der Waals surface area (Å²) in [5.74, 6) is 1.98. The molecular formula is C13H21NO2. The quantitative estimate of drug-likeness (QED) is 0.805. The first kappa shape index (κ1) is 11.7. The van der Waals surface area contributed by atoms with Crippen LogP contribution in [0.4, 0.5) is 0 Å². The molecule has 1 aromatic rings. The number of nitrogens with one attached hydrogen (secondary N) is 1. The van der Waals surface area contributed by atoms with Crippen molar-refractivity contribution in [1.29, 1.82) is 0 Å². The average Bonchev–Trinajstić information content (AvgIpc) is 2.71. The van der Waals surface area contributed by atoms with Crippen LogP contribution in [0, 0.1) is 0 Å². The largest absolute Gasteiger partial charge is 0.464 e. The van der Waals surface area contributed by atoms with Crippen molar-refractivity contribution in [3.05, 3.63) is 23.7 Å².